The number of sulfonamides is 1. The van der Waals surface area contributed by atoms with Gasteiger partial charge in [-0.15, -0.1) is 0 Å². The van der Waals surface area contributed by atoms with Crippen LogP contribution in [0.4, 0.5) is 0 Å². The Bertz CT molecular complexity index is 819. The number of allylic oxidation sites excluding steroid dienone is 1. The Kier molecular flexibility index (Phi) is 3.81. The molecular weight excluding hydrogens is 322 g/mol. The molecule has 5 heteroatoms. The van der Waals surface area contributed by atoms with Gasteiger partial charge >= 0.3 is 0 Å². The summed E-state index contributed by atoms with van der Waals surface area (Å²) in [6.45, 7) is 6.47. The third-order valence-electron chi connectivity index (χ3n) is 6.35. The average molecular weight is 347 g/mol. The van der Waals surface area contributed by atoms with Gasteiger partial charge in [-0.1, -0.05) is 32.9 Å². The van der Waals surface area contributed by atoms with E-state index in [4.69, 9.17) is 0 Å². The summed E-state index contributed by atoms with van der Waals surface area (Å²) in [5, 5.41) is 0. The fourth-order valence-electron chi connectivity index (χ4n) is 4.22. The first kappa shape index (κ1) is 17.4. The van der Waals surface area contributed by atoms with E-state index in [-0.39, 0.29) is 21.5 Å². The van der Waals surface area contributed by atoms with E-state index in [1.165, 1.54) is 18.4 Å². The minimum atomic E-state index is -3.42. The lowest BCUT2D eigenvalue weighted by Gasteiger charge is -2.31. The first-order chi connectivity index (χ1) is 11.0. The molecule has 2 aliphatic rings. The number of carbonyl (C=O) groups excluding carboxylic acids is 1. The van der Waals surface area contributed by atoms with Gasteiger partial charge in [0.1, 0.15) is 0 Å². The highest BCUT2D eigenvalue weighted by Gasteiger charge is 2.63. The van der Waals surface area contributed by atoms with Gasteiger partial charge in [-0.25, -0.2) is 12.7 Å². The van der Waals surface area contributed by atoms with Gasteiger partial charge in [0.25, 0.3) is 0 Å². The van der Waals surface area contributed by atoms with Crippen LogP contribution < -0.4 is 0 Å². The molecule has 0 aliphatic heterocycles. The van der Waals surface area contributed by atoms with Crippen molar-refractivity contribution < 1.29 is 13.2 Å². The number of benzene rings is 1. The molecule has 0 unspecified atom stereocenters. The summed E-state index contributed by atoms with van der Waals surface area (Å²) in [5.41, 5.74) is 1.50. The summed E-state index contributed by atoms with van der Waals surface area (Å²) in [7, 11) is -0.391. The van der Waals surface area contributed by atoms with E-state index in [1.807, 2.05) is 6.08 Å². The Morgan fingerprint density at radius 3 is 2.17 bits per heavy atom. The molecule has 2 bridgehead atoms. The Morgan fingerprint density at radius 2 is 1.71 bits per heavy atom. The van der Waals surface area contributed by atoms with Crippen molar-refractivity contribution in [1.29, 1.82) is 0 Å². The van der Waals surface area contributed by atoms with Crippen LogP contribution in [0.15, 0.2) is 34.7 Å². The number of hydrogen-bond donors (Lipinski definition) is 0. The third-order valence-corrected chi connectivity index (χ3v) is 8.18. The smallest absolute Gasteiger partial charge is 0.242 e. The Hall–Kier alpha value is -1.46. The number of rotatable bonds is 3. The maximum absolute atomic E-state index is 12.9. The van der Waals surface area contributed by atoms with E-state index in [2.05, 4.69) is 20.8 Å². The van der Waals surface area contributed by atoms with Gasteiger partial charge in [-0.05, 0) is 53.5 Å². The molecule has 0 N–H and O–H groups in total. The summed E-state index contributed by atoms with van der Waals surface area (Å²) in [6.07, 6.45) is 3.96. The van der Waals surface area contributed by atoms with Gasteiger partial charge in [-0.2, -0.15) is 0 Å². The molecule has 1 aromatic carbocycles. The van der Waals surface area contributed by atoms with E-state index >= 15 is 0 Å². The number of Topliss-reactive ketones (excluding diaryl/α,β-unsaturated/α-hetero) is 1. The molecule has 0 spiro atoms. The fourth-order valence-corrected chi connectivity index (χ4v) is 5.12. The van der Waals surface area contributed by atoms with Gasteiger partial charge in [0.15, 0.2) is 5.78 Å². The number of fused-ring (bicyclic) bond motifs is 2. The Labute approximate surface area is 144 Å². The predicted molar refractivity (Wildman–Crippen MR) is 94.9 cm³/mol. The molecule has 3 rings (SSSR count). The third kappa shape index (κ3) is 2.21. The lowest BCUT2D eigenvalue weighted by molar-refractivity contribution is -0.125. The SMILES string of the molecule is CN(C)S(=O)(=O)c1ccc(/C=C2\C(=O)[C@@]3(C)CC[C@H]2C3(C)C)cc1. The van der Waals surface area contributed by atoms with E-state index in [0.29, 0.717) is 5.92 Å². The van der Waals surface area contributed by atoms with E-state index in [9.17, 15) is 13.2 Å². The molecule has 0 aromatic heterocycles. The standard InChI is InChI=1S/C19H25NO3S/c1-18(2)16-10-11-19(18,3)17(21)15(16)12-13-6-8-14(9-7-13)24(22,23)20(4)5/h6-9,12,16H,10-11H2,1-5H3/b15-12-/t16-,19-/m1/s1. The molecule has 0 saturated heterocycles. The summed E-state index contributed by atoms with van der Waals surface area (Å²) < 4.78 is 25.5. The van der Waals surface area contributed by atoms with Crippen LogP contribution in [0.25, 0.3) is 6.08 Å². The summed E-state index contributed by atoms with van der Waals surface area (Å²) in [4.78, 5) is 13.1. The summed E-state index contributed by atoms with van der Waals surface area (Å²) in [5.74, 6) is 0.550. The molecule has 2 atom stereocenters. The minimum absolute atomic E-state index is 0.00980. The fraction of sp³-hybridized carbons (Fsp3) is 0.526. The Morgan fingerprint density at radius 1 is 1.12 bits per heavy atom. The number of nitrogens with zero attached hydrogens (tertiary/aromatic N) is 1. The van der Waals surface area contributed by atoms with E-state index in [1.54, 1.807) is 24.3 Å². The zero-order valence-corrected chi connectivity index (χ0v) is 15.8. The number of ketones is 1. The van der Waals surface area contributed by atoms with Crippen LogP contribution in [0.1, 0.15) is 39.2 Å². The van der Waals surface area contributed by atoms with Crippen molar-refractivity contribution in [2.45, 2.75) is 38.5 Å². The molecule has 2 fully saturated rings. The van der Waals surface area contributed by atoms with Gasteiger partial charge in [0.2, 0.25) is 10.0 Å². The van der Waals surface area contributed by atoms with Gasteiger partial charge in [0, 0.05) is 19.5 Å². The maximum atomic E-state index is 12.9. The second kappa shape index (κ2) is 5.27. The van der Waals surface area contributed by atoms with Crippen LogP contribution in [0, 0.1) is 16.7 Å². The van der Waals surface area contributed by atoms with Crippen molar-refractivity contribution in [1.82, 2.24) is 4.31 Å². The first-order valence-corrected chi connectivity index (χ1v) is 9.75. The van der Waals surface area contributed by atoms with Crippen LogP contribution in [0.3, 0.4) is 0 Å². The molecule has 2 saturated carbocycles. The molecule has 130 valence electrons. The van der Waals surface area contributed by atoms with Crippen molar-refractivity contribution in [3.8, 4) is 0 Å². The van der Waals surface area contributed by atoms with Gasteiger partial charge < -0.3 is 0 Å². The van der Waals surface area contributed by atoms with Crippen LogP contribution in [-0.2, 0) is 14.8 Å². The van der Waals surface area contributed by atoms with Crippen LogP contribution in [0.2, 0.25) is 0 Å². The predicted octanol–water partition coefficient (Wildman–Crippen LogP) is 3.35. The van der Waals surface area contributed by atoms with E-state index in [0.717, 1.165) is 24.0 Å². The van der Waals surface area contributed by atoms with E-state index < -0.39 is 10.0 Å². The molecule has 0 amide bonds. The second-order valence-electron chi connectivity index (χ2n) is 7.93. The second-order valence-corrected chi connectivity index (χ2v) is 10.1. The first-order valence-electron chi connectivity index (χ1n) is 8.31. The molecule has 0 radical (unpaired) electrons. The zero-order valence-electron chi connectivity index (χ0n) is 15.0. The molecule has 1 aromatic rings. The molecule has 4 nitrogen and oxygen atoms in total. The lowest BCUT2D eigenvalue weighted by Crippen LogP contribution is -2.32. The van der Waals surface area contributed by atoms with Crippen molar-refractivity contribution in [3.63, 3.8) is 0 Å². The zero-order chi connectivity index (χ0) is 17.9. The van der Waals surface area contributed by atoms with Crippen LogP contribution >= 0.6 is 0 Å². The monoisotopic (exact) mass is 347 g/mol. The topological polar surface area (TPSA) is 54.5 Å². The van der Waals surface area contributed by atoms with Gasteiger partial charge in [-0.3, -0.25) is 4.79 Å². The average Bonchev–Trinajstić information content (AvgIpc) is 2.82. The number of carbonyl (C=O) groups is 1. The normalized spacial score (nSPS) is 30.5. The van der Waals surface area contributed by atoms with Crippen LogP contribution in [-0.4, -0.2) is 32.6 Å². The Balaban J connectivity index is 1.95. The maximum Gasteiger partial charge on any atom is 0.242 e. The molecule has 2 aliphatic carbocycles. The molecule has 24 heavy (non-hydrogen) atoms. The van der Waals surface area contributed by atoms with Gasteiger partial charge in [0.05, 0.1) is 4.90 Å². The summed E-state index contributed by atoms with van der Waals surface area (Å²) >= 11 is 0. The van der Waals surface area contributed by atoms with Crippen LogP contribution in [0.5, 0.6) is 0 Å². The van der Waals surface area contributed by atoms with Crippen molar-refractivity contribution in [3.05, 3.63) is 35.4 Å². The molecule has 0 heterocycles. The largest absolute Gasteiger partial charge is 0.294 e. The summed E-state index contributed by atoms with van der Waals surface area (Å²) in [6, 6.07) is 6.76. The highest BCUT2D eigenvalue weighted by atomic mass is 32.2. The van der Waals surface area contributed by atoms with Crippen molar-refractivity contribution >= 4 is 21.9 Å². The minimum Gasteiger partial charge on any atom is -0.294 e. The molecular formula is C19H25NO3S. The number of hydrogen-bond acceptors (Lipinski definition) is 3. The highest BCUT2D eigenvalue weighted by Crippen LogP contribution is 2.65. The van der Waals surface area contributed by atoms with Crippen molar-refractivity contribution in [2.24, 2.45) is 16.7 Å². The van der Waals surface area contributed by atoms with Crippen molar-refractivity contribution in [2.75, 3.05) is 14.1 Å². The lowest BCUT2D eigenvalue weighted by atomic mass is 9.70. The highest BCUT2D eigenvalue weighted by molar-refractivity contribution is 7.89. The quantitative estimate of drug-likeness (QED) is 0.788.